The summed E-state index contributed by atoms with van der Waals surface area (Å²) in [5.74, 6) is 1.12. The average Bonchev–Trinajstić information content (AvgIpc) is 2.76. The number of carbonyl (C=O) groups is 1. The number of hydrogen-bond donors (Lipinski definition) is 2. The molecule has 1 aromatic carbocycles. The summed E-state index contributed by atoms with van der Waals surface area (Å²) in [6.45, 7) is 5.78. The van der Waals surface area contributed by atoms with Crippen LogP contribution in [-0.4, -0.2) is 22.7 Å². The van der Waals surface area contributed by atoms with Crippen LogP contribution < -0.4 is 10.1 Å². The van der Waals surface area contributed by atoms with Crippen molar-refractivity contribution in [2.45, 2.75) is 20.8 Å². The Bertz CT molecular complexity index is 590. The van der Waals surface area contributed by atoms with Crippen molar-refractivity contribution in [3.05, 3.63) is 41.1 Å². The number of aryl methyl sites for hydroxylation is 3. The first-order chi connectivity index (χ1) is 9.06. The molecule has 2 aromatic rings. The second-order valence-electron chi connectivity index (χ2n) is 4.53. The minimum absolute atomic E-state index is 0.0250. The molecule has 0 saturated carbocycles. The zero-order chi connectivity index (χ0) is 13.8. The Balaban J connectivity index is 1.93. The second kappa shape index (κ2) is 5.56. The molecule has 0 radical (unpaired) electrons. The van der Waals surface area contributed by atoms with E-state index in [1.54, 1.807) is 6.20 Å². The molecule has 0 bridgehead atoms. The molecule has 0 fully saturated rings. The Kier molecular flexibility index (Phi) is 3.85. The minimum atomic E-state index is -0.215. The van der Waals surface area contributed by atoms with Gasteiger partial charge in [-0.3, -0.25) is 9.89 Å². The molecule has 5 nitrogen and oxygen atoms in total. The summed E-state index contributed by atoms with van der Waals surface area (Å²) in [4.78, 5) is 11.7. The summed E-state index contributed by atoms with van der Waals surface area (Å²) in [6, 6.07) is 5.90. The lowest BCUT2D eigenvalue weighted by molar-refractivity contribution is -0.118. The van der Waals surface area contributed by atoms with E-state index in [1.165, 1.54) is 0 Å². The van der Waals surface area contributed by atoms with E-state index in [9.17, 15) is 4.79 Å². The minimum Gasteiger partial charge on any atom is -0.483 e. The number of hydrogen-bond acceptors (Lipinski definition) is 3. The smallest absolute Gasteiger partial charge is 0.263 e. The topological polar surface area (TPSA) is 67.0 Å². The Morgan fingerprint density at radius 1 is 1.32 bits per heavy atom. The van der Waals surface area contributed by atoms with Crippen molar-refractivity contribution in [2.24, 2.45) is 0 Å². The maximum absolute atomic E-state index is 11.7. The van der Waals surface area contributed by atoms with Crippen LogP contribution in [0.25, 0.3) is 0 Å². The highest BCUT2D eigenvalue weighted by molar-refractivity contribution is 5.91. The van der Waals surface area contributed by atoms with Gasteiger partial charge in [0.1, 0.15) is 11.6 Å². The van der Waals surface area contributed by atoms with Gasteiger partial charge in [0.05, 0.1) is 6.20 Å². The Labute approximate surface area is 112 Å². The fourth-order valence-electron chi connectivity index (χ4n) is 1.65. The van der Waals surface area contributed by atoms with E-state index < -0.39 is 0 Å². The monoisotopic (exact) mass is 259 g/mol. The van der Waals surface area contributed by atoms with Gasteiger partial charge < -0.3 is 10.1 Å². The summed E-state index contributed by atoms with van der Waals surface area (Å²) < 4.78 is 5.52. The highest BCUT2D eigenvalue weighted by Crippen LogP contribution is 2.19. The quantitative estimate of drug-likeness (QED) is 0.885. The number of nitrogens with one attached hydrogen (secondary N) is 2. The van der Waals surface area contributed by atoms with E-state index in [1.807, 2.05) is 39.0 Å². The average molecular weight is 259 g/mol. The molecule has 5 heteroatoms. The van der Waals surface area contributed by atoms with Gasteiger partial charge in [-0.05, 0) is 38.0 Å². The van der Waals surface area contributed by atoms with Crippen molar-refractivity contribution in [1.82, 2.24) is 10.2 Å². The molecule has 2 rings (SSSR count). The number of aromatic nitrogens is 2. The second-order valence-corrected chi connectivity index (χ2v) is 4.53. The molecular weight excluding hydrogens is 242 g/mol. The summed E-state index contributed by atoms with van der Waals surface area (Å²) in [5, 5.41) is 9.27. The standard InChI is InChI=1S/C14H17N3O2/c1-9-4-5-10(2)12(6-9)19-8-13(18)16-14-11(3)7-15-17-14/h4-7H,8H2,1-3H3,(H2,15,16,17,18). The number of amides is 1. The van der Waals surface area contributed by atoms with Crippen LogP contribution in [0, 0.1) is 20.8 Å². The fourth-order valence-corrected chi connectivity index (χ4v) is 1.65. The molecule has 0 spiro atoms. The lowest BCUT2D eigenvalue weighted by Gasteiger charge is -2.10. The van der Waals surface area contributed by atoms with Crippen LogP contribution in [0.5, 0.6) is 5.75 Å². The summed E-state index contributed by atoms with van der Waals surface area (Å²) in [6.07, 6.45) is 1.65. The highest BCUT2D eigenvalue weighted by atomic mass is 16.5. The molecule has 0 aliphatic carbocycles. The van der Waals surface area contributed by atoms with E-state index in [-0.39, 0.29) is 12.5 Å². The molecule has 1 heterocycles. The molecule has 1 aromatic heterocycles. The first-order valence-electron chi connectivity index (χ1n) is 6.06. The lowest BCUT2D eigenvalue weighted by Crippen LogP contribution is -2.21. The van der Waals surface area contributed by atoms with Crippen LogP contribution in [0.2, 0.25) is 0 Å². The third-order valence-corrected chi connectivity index (χ3v) is 2.80. The van der Waals surface area contributed by atoms with Gasteiger partial charge in [0.25, 0.3) is 5.91 Å². The summed E-state index contributed by atoms with van der Waals surface area (Å²) >= 11 is 0. The predicted molar refractivity (Wildman–Crippen MR) is 73.4 cm³/mol. The first kappa shape index (κ1) is 13.1. The number of H-pyrrole nitrogens is 1. The number of rotatable bonds is 4. The van der Waals surface area contributed by atoms with Crippen LogP contribution in [-0.2, 0) is 4.79 Å². The molecule has 0 saturated heterocycles. The van der Waals surface area contributed by atoms with Crippen LogP contribution in [0.1, 0.15) is 16.7 Å². The van der Waals surface area contributed by atoms with Crippen molar-refractivity contribution < 1.29 is 9.53 Å². The van der Waals surface area contributed by atoms with Crippen LogP contribution in [0.15, 0.2) is 24.4 Å². The third-order valence-electron chi connectivity index (χ3n) is 2.80. The molecule has 0 aliphatic rings. The molecule has 2 N–H and O–H groups in total. The molecular formula is C14H17N3O2. The van der Waals surface area contributed by atoms with E-state index >= 15 is 0 Å². The van der Waals surface area contributed by atoms with Crippen molar-refractivity contribution in [3.8, 4) is 5.75 Å². The van der Waals surface area contributed by atoms with Gasteiger partial charge in [0.15, 0.2) is 6.61 Å². The van der Waals surface area contributed by atoms with E-state index in [0.29, 0.717) is 5.82 Å². The third kappa shape index (κ3) is 3.34. The van der Waals surface area contributed by atoms with E-state index in [0.717, 1.165) is 22.4 Å². The first-order valence-corrected chi connectivity index (χ1v) is 6.06. The maximum Gasteiger partial charge on any atom is 0.263 e. The molecule has 0 unspecified atom stereocenters. The van der Waals surface area contributed by atoms with Crippen LogP contribution >= 0.6 is 0 Å². The van der Waals surface area contributed by atoms with Gasteiger partial charge in [0.2, 0.25) is 0 Å². The number of aromatic amines is 1. The van der Waals surface area contributed by atoms with Gasteiger partial charge in [-0.15, -0.1) is 0 Å². The summed E-state index contributed by atoms with van der Waals surface area (Å²) in [5.41, 5.74) is 3.00. The number of benzene rings is 1. The number of carbonyl (C=O) groups excluding carboxylic acids is 1. The van der Waals surface area contributed by atoms with Gasteiger partial charge >= 0.3 is 0 Å². The van der Waals surface area contributed by atoms with Gasteiger partial charge in [-0.2, -0.15) is 5.10 Å². The molecule has 0 aliphatic heterocycles. The number of anilines is 1. The van der Waals surface area contributed by atoms with Crippen molar-refractivity contribution in [2.75, 3.05) is 11.9 Å². The van der Waals surface area contributed by atoms with Crippen LogP contribution in [0.3, 0.4) is 0 Å². The van der Waals surface area contributed by atoms with Gasteiger partial charge in [-0.25, -0.2) is 0 Å². The number of ether oxygens (including phenoxy) is 1. The van der Waals surface area contributed by atoms with Crippen molar-refractivity contribution in [1.29, 1.82) is 0 Å². The zero-order valence-corrected chi connectivity index (χ0v) is 11.3. The van der Waals surface area contributed by atoms with Gasteiger partial charge in [0, 0.05) is 5.56 Å². The molecule has 19 heavy (non-hydrogen) atoms. The Morgan fingerprint density at radius 2 is 2.11 bits per heavy atom. The van der Waals surface area contributed by atoms with Gasteiger partial charge in [-0.1, -0.05) is 12.1 Å². The highest BCUT2D eigenvalue weighted by Gasteiger charge is 2.08. The van der Waals surface area contributed by atoms with E-state index in [2.05, 4.69) is 15.5 Å². The molecule has 0 atom stereocenters. The lowest BCUT2D eigenvalue weighted by atomic mass is 10.1. The number of nitrogens with zero attached hydrogens (tertiary/aromatic N) is 1. The Morgan fingerprint density at radius 3 is 2.79 bits per heavy atom. The normalized spacial score (nSPS) is 10.3. The predicted octanol–water partition coefficient (Wildman–Crippen LogP) is 2.35. The van der Waals surface area contributed by atoms with Crippen LogP contribution in [0.4, 0.5) is 5.82 Å². The largest absolute Gasteiger partial charge is 0.483 e. The molecule has 100 valence electrons. The molecule has 1 amide bonds. The van der Waals surface area contributed by atoms with Crippen molar-refractivity contribution in [3.63, 3.8) is 0 Å². The SMILES string of the molecule is Cc1ccc(C)c(OCC(=O)Nc2[nH]ncc2C)c1. The zero-order valence-electron chi connectivity index (χ0n) is 11.3. The van der Waals surface area contributed by atoms with Crippen molar-refractivity contribution >= 4 is 11.7 Å². The Hall–Kier alpha value is -2.30. The van der Waals surface area contributed by atoms with E-state index in [4.69, 9.17) is 4.74 Å². The maximum atomic E-state index is 11.7. The fraction of sp³-hybridized carbons (Fsp3) is 0.286. The summed E-state index contributed by atoms with van der Waals surface area (Å²) in [7, 11) is 0.